The van der Waals surface area contributed by atoms with Crippen LogP contribution in [0.4, 0.5) is 0 Å². The Balaban J connectivity index is 1.60. The van der Waals surface area contributed by atoms with E-state index in [9.17, 15) is 9.59 Å². The van der Waals surface area contributed by atoms with Crippen molar-refractivity contribution in [3.8, 4) is 5.69 Å². The molecule has 0 bridgehead atoms. The summed E-state index contributed by atoms with van der Waals surface area (Å²) in [6.45, 7) is 1.05. The first-order valence-corrected chi connectivity index (χ1v) is 7.63. The minimum absolute atomic E-state index is 0.0400. The fourth-order valence-electron chi connectivity index (χ4n) is 2.41. The van der Waals surface area contributed by atoms with Gasteiger partial charge in [0.2, 0.25) is 5.56 Å². The molecule has 3 aromatic rings. The number of hydrogen-bond acceptors (Lipinski definition) is 4. The van der Waals surface area contributed by atoms with Crippen molar-refractivity contribution in [3.05, 3.63) is 77.2 Å². The summed E-state index contributed by atoms with van der Waals surface area (Å²) in [6.07, 6.45) is 5.51. The first-order valence-electron chi connectivity index (χ1n) is 7.63. The molecule has 3 rings (SSSR count). The molecule has 122 valence electrons. The molecule has 7 nitrogen and oxygen atoms in total. The van der Waals surface area contributed by atoms with Gasteiger partial charge < -0.3 is 9.88 Å². The average Bonchev–Trinajstić information content (AvgIpc) is 3.14. The standard InChI is InChI=1S/C17H17N5O2/c23-16-8-3-4-10-21(16)11-5-9-18-17(24)14-6-1-2-7-15(14)22-12-19-20-13-22/h1-4,6-8,10,12-13H,5,9,11H2,(H,18,24). The second-order valence-electron chi connectivity index (χ2n) is 5.23. The summed E-state index contributed by atoms with van der Waals surface area (Å²) < 4.78 is 3.32. The number of hydrogen-bond donors (Lipinski definition) is 1. The normalized spacial score (nSPS) is 10.5. The zero-order valence-electron chi connectivity index (χ0n) is 13.0. The van der Waals surface area contributed by atoms with E-state index in [1.165, 1.54) is 6.07 Å². The molecule has 0 atom stereocenters. The highest BCUT2D eigenvalue weighted by molar-refractivity contribution is 5.97. The number of pyridine rings is 1. The van der Waals surface area contributed by atoms with E-state index in [1.807, 2.05) is 24.3 Å². The van der Waals surface area contributed by atoms with Crippen LogP contribution in [0.3, 0.4) is 0 Å². The number of nitrogens with zero attached hydrogens (tertiary/aromatic N) is 4. The number of carbonyl (C=O) groups is 1. The third kappa shape index (κ3) is 3.57. The molecule has 24 heavy (non-hydrogen) atoms. The monoisotopic (exact) mass is 323 g/mol. The lowest BCUT2D eigenvalue weighted by atomic mass is 10.1. The van der Waals surface area contributed by atoms with Crippen molar-refractivity contribution in [1.82, 2.24) is 24.6 Å². The summed E-state index contributed by atoms with van der Waals surface area (Å²) in [5.41, 5.74) is 1.23. The summed E-state index contributed by atoms with van der Waals surface area (Å²) in [4.78, 5) is 24.0. The highest BCUT2D eigenvalue weighted by Gasteiger charge is 2.11. The molecule has 0 saturated carbocycles. The lowest BCUT2D eigenvalue weighted by Crippen LogP contribution is -2.27. The van der Waals surface area contributed by atoms with Crippen molar-refractivity contribution in [2.24, 2.45) is 0 Å². The van der Waals surface area contributed by atoms with Crippen LogP contribution in [0.5, 0.6) is 0 Å². The molecule has 0 saturated heterocycles. The van der Waals surface area contributed by atoms with Crippen LogP contribution in [-0.2, 0) is 6.54 Å². The number of benzene rings is 1. The van der Waals surface area contributed by atoms with E-state index in [0.717, 1.165) is 5.69 Å². The lowest BCUT2D eigenvalue weighted by Gasteiger charge is -2.10. The number of aromatic nitrogens is 4. The van der Waals surface area contributed by atoms with Crippen molar-refractivity contribution in [2.45, 2.75) is 13.0 Å². The number of amides is 1. The molecule has 7 heteroatoms. The second-order valence-corrected chi connectivity index (χ2v) is 5.23. The van der Waals surface area contributed by atoms with Gasteiger partial charge in [0.25, 0.3) is 5.91 Å². The fourth-order valence-corrected chi connectivity index (χ4v) is 2.41. The van der Waals surface area contributed by atoms with Gasteiger partial charge in [-0.15, -0.1) is 10.2 Å². The first-order chi connectivity index (χ1) is 11.8. The van der Waals surface area contributed by atoms with Crippen molar-refractivity contribution < 1.29 is 4.79 Å². The first kappa shape index (κ1) is 15.7. The van der Waals surface area contributed by atoms with E-state index in [0.29, 0.717) is 25.1 Å². The molecule has 0 aliphatic carbocycles. The van der Waals surface area contributed by atoms with E-state index in [4.69, 9.17) is 0 Å². The smallest absolute Gasteiger partial charge is 0.253 e. The zero-order valence-corrected chi connectivity index (χ0v) is 13.0. The van der Waals surface area contributed by atoms with E-state index in [2.05, 4.69) is 15.5 Å². The summed E-state index contributed by atoms with van der Waals surface area (Å²) in [7, 11) is 0. The van der Waals surface area contributed by atoms with E-state index >= 15 is 0 Å². The summed E-state index contributed by atoms with van der Waals surface area (Å²) in [6, 6.07) is 12.3. The molecule has 1 amide bonds. The van der Waals surface area contributed by atoms with Gasteiger partial charge in [-0.05, 0) is 24.6 Å². The highest BCUT2D eigenvalue weighted by atomic mass is 16.1. The molecule has 1 aromatic carbocycles. The maximum Gasteiger partial charge on any atom is 0.253 e. The molecule has 2 heterocycles. The Morgan fingerprint density at radius 1 is 1.04 bits per heavy atom. The SMILES string of the molecule is O=C(NCCCn1ccccc1=O)c1ccccc1-n1cnnc1. The number of nitrogens with one attached hydrogen (secondary N) is 1. The minimum Gasteiger partial charge on any atom is -0.352 e. The quantitative estimate of drug-likeness (QED) is 0.692. The zero-order chi connectivity index (χ0) is 16.8. The van der Waals surface area contributed by atoms with Crippen molar-refractivity contribution in [1.29, 1.82) is 0 Å². The van der Waals surface area contributed by atoms with E-state index in [-0.39, 0.29) is 11.5 Å². The van der Waals surface area contributed by atoms with Crippen LogP contribution in [0, 0.1) is 0 Å². The van der Waals surface area contributed by atoms with Gasteiger partial charge >= 0.3 is 0 Å². The van der Waals surface area contributed by atoms with Crippen LogP contribution in [-0.4, -0.2) is 31.8 Å². The Morgan fingerprint density at radius 2 is 1.79 bits per heavy atom. The molecule has 0 unspecified atom stereocenters. The molecular weight excluding hydrogens is 306 g/mol. The lowest BCUT2D eigenvalue weighted by molar-refractivity contribution is 0.0952. The Hall–Kier alpha value is -3.22. The highest BCUT2D eigenvalue weighted by Crippen LogP contribution is 2.13. The third-order valence-electron chi connectivity index (χ3n) is 3.61. The van der Waals surface area contributed by atoms with Crippen LogP contribution in [0.2, 0.25) is 0 Å². The van der Waals surface area contributed by atoms with Gasteiger partial charge in [-0.25, -0.2) is 0 Å². The molecule has 0 fully saturated rings. The topological polar surface area (TPSA) is 81.8 Å². The second kappa shape index (κ2) is 7.36. The van der Waals surface area contributed by atoms with E-state index in [1.54, 1.807) is 40.1 Å². The predicted octanol–water partition coefficient (Wildman–Crippen LogP) is 1.25. The van der Waals surface area contributed by atoms with E-state index < -0.39 is 0 Å². The largest absolute Gasteiger partial charge is 0.352 e. The van der Waals surface area contributed by atoms with Gasteiger partial charge in [0.05, 0.1) is 11.3 Å². The van der Waals surface area contributed by atoms with Crippen molar-refractivity contribution >= 4 is 5.91 Å². The number of aryl methyl sites for hydroxylation is 1. The van der Waals surface area contributed by atoms with Crippen LogP contribution >= 0.6 is 0 Å². The minimum atomic E-state index is -0.167. The van der Waals surface area contributed by atoms with Crippen molar-refractivity contribution in [3.63, 3.8) is 0 Å². The van der Waals surface area contributed by atoms with Crippen LogP contribution in [0.25, 0.3) is 5.69 Å². The predicted molar refractivity (Wildman–Crippen MR) is 89.0 cm³/mol. The van der Waals surface area contributed by atoms with Gasteiger partial charge in [0.15, 0.2) is 0 Å². The average molecular weight is 323 g/mol. The summed E-state index contributed by atoms with van der Waals surface area (Å²) >= 11 is 0. The van der Waals surface area contributed by atoms with Crippen LogP contribution in [0.1, 0.15) is 16.8 Å². The fraction of sp³-hybridized carbons (Fsp3) is 0.176. The molecule has 0 spiro atoms. The van der Waals surface area contributed by atoms with Gasteiger partial charge in [0, 0.05) is 25.4 Å². The molecule has 0 aliphatic heterocycles. The van der Waals surface area contributed by atoms with Gasteiger partial charge in [0.1, 0.15) is 12.7 Å². The number of rotatable bonds is 6. The maximum absolute atomic E-state index is 12.4. The molecule has 2 aromatic heterocycles. The van der Waals surface area contributed by atoms with Crippen molar-refractivity contribution in [2.75, 3.05) is 6.54 Å². The van der Waals surface area contributed by atoms with Gasteiger partial charge in [-0.2, -0.15) is 0 Å². The number of para-hydroxylation sites is 1. The molecule has 0 aliphatic rings. The van der Waals surface area contributed by atoms with Gasteiger partial charge in [-0.3, -0.25) is 14.2 Å². The molecular formula is C17H17N5O2. The Morgan fingerprint density at radius 3 is 2.58 bits per heavy atom. The number of carbonyl (C=O) groups excluding carboxylic acids is 1. The summed E-state index contributed by atoms with van der Waals surface area (Å²) in [5.74, 6) is -0.167. The molecule has 1 N–H and O–H groups in total. The van der Waals surface area contributed by atoms with Crippen LogP contribution in [0.15, 0.2) is 66.1 Å². The van der Waals surface area contributed by atoms with Gasteiger partial charge in [-0.1, -0.05) is 18.2 Å². The Kier molecular flexibility index (Phi) is 4.81. The Labute approximate surface area is 138 Å². The third-order valence-corrected chi connectivity index (χ3v) is 3.61. The van der Waals surface area contributed by atoms with Crippen LogP contribution < -0.4 is 10.9 Å². The molecule has 0 radical (unpaired) electrons. The maximum atomic E-state index is 12.4. The summed E-state index contributed by atoms with van der Waals surface area (Å²) in [5, 5.41) is 10.4. The Bertz CT molecular complexity index is 870.